The molecule has 1 atom stereocenters. The molecule has 0 aliphatic heterocycles. The summed E-state index contributed by atoms with van der Waals surface area (Å²) in [6, 6.07) is 10.4. The molecule has 1 aromatic carbocycles. The second kappa shape index (κ2) is 6.31. The molecule has 0 bridgehead atoms. The van der Waals surface area contributed by atoms with E-state index in [4.69, 9.17) is 0 Å². The van der Waals surface area contributed by atoms with E-state index < -0.39 is 0 Å². The molecule has 0 aromatic heterocycles. The van der Waals surface area contributed by atoms with Gasteiger partial charge in [0, 0.05) is 5.25 Å². The minimum atomic E-state index is 0.255. The summed E-state index contributed by atoms with van der Waals surface area (Å²) in [4.78, 5) is 0. The lowest BCUT2D eigenvalue weighted by molar-refractivity contribution is 0.295. The third-order valence-electron chi connectivity index (χ3n) is 3.25. The molecule has 0 heterocycles. The van der Waals surface area contributed by atoms with Crippen molar-refractivity contribution in [1.29, 1.82) is 0 Å². The first-order valence-electron chi connectivity index (χ1n) is 6.21. The van der Waals surface area contributed by atoms with Crippen molar-refractivity contribution >= 4 is 11.8 Å². The third-order valence-corrected chi connectivity index (χ3v) is 4.85. The minimum Gasteiger partial charge on any atom is -0.395 e. The van der Waals surface area contributed by atoms with Gasteiger partial charge in [-0.25, -0.2) is 0 Å². The summed E-state index contributed by atoms with van der Waals surface area (Å²) in [5.74, 6) is 0. The van der Waals surface area contributed by atoms with Gasteiger partial charge in [-0.05, 0) is 18.4 Å². The molecule has 1 nitrogen and oxygen atoms in total. The van der Waals surface area contributed by atoms with Crippen LogP contribution in [0.5, 0.6) is 0 Å². The van der Waals surface area contributed by atoms with Gasteiger partial charge in [-0.3, -0.25) is 0 Å². The molecule has 0 amide bonds. The van der Waals surface area contributed by atoms with Crippen molar-refractivity contribution in [2.75, 3.05) is 6.61 Å². The van der Waals surface area contributed by atoms with Crippen molar-refractivity contribution in [1.82, 2.24) is 0 Å². The van der Waals surface area contributed by atoms with Crippen LogP contribution in [-0.4, -0.2) is 17.0 Å². The van der Waals surface area contributed by atoms with Crippen molar-refractivity contribution in [3.63, 3.8) is 0 Å². The van der Waals surface area contributed by atoms with Gasteiger partial charge in [0.2, 0.25) is 0 Å². The fraction of sp³-hybridized carbons (Fsp3) is 0.571. The maximum Gasteiger partial charge on any atom is 0.0591 e. The van der Waals surface area contributed by atoms with Crippen LogP contribution in [0.25, 0.3) is 0 Å². The molecular weight excluding hydrogens is 216 g/mol. The highest BCUT2D eigenvalue weighted by atomic mass is 32.2. The summed E-state index contributed by atoms with van der Waals surface area (Å²) in [7, 11) is 0. The molecule has 1 unspecified atom stereocenters. The van der Waals surface area contributed by atoms with Crippen LogP contribution < -0.4 is 0 Å². The summed E-state index contributed by atoms with van der Waals surface area (Å²) in [5, 5.41) is 10.5. The normalized spacial score (nSPS) is 19.6. The Labute approximate surface area is 102 Å². The van der Waals surface area contributed by atoms with Crippen LogP contribution in [0.2, 0.25) is 0 Å². The molecule has 2 rings (SSSR count). The van der Waals surface area contributed by atoms with E-state index in [-0.39, 0.29) is 11.9 Å². The van der Waals surface area contributed by atoms with Crippen LogP contribution in [0, 0.1) is 0 Å². The number of hydrogen-bond donors (Lipinski definition) is 1. The highest BCUT2D eigenvalue weighted by Crippen LogP contribution is 2.38. The zero-order chi connectivity index (χ0) is 11.2. The number of benzene rings is 1. The first kappa shape index (κ1) is 12.0. The van der Waals surface area contributed by atoms with Crippen molar-refractivity contribution in [3.8, 4) is 0 Å². The van der Waals surface area contributed by atoms with Crippen LogP contribution in [0.1, 0.15) is 42.9 Å². The molecule has 1 aliphatic carbocycles. The van der Waals surface area contributed by atoms with Gasteiger partial charge in [0.05, 0.1) is 11.9 Å². The van der Waals surface area contributed by atoms with Crippen LogP contribution >= 0.6 is 11.8 Å². The summed E-state index contributed by atoms with van der Waals surface area (Å²) in [6.45, 7) is 0.255. The van der Waals surface area contributed by atoms with Crippen LogP contribution in [0.3, 0.4) is 0 Å². The molecule has 0 saturated heterocycles. The number of rotatable bonds is 4. The first-order valence-corrected chi connectivity index (χ1v) is 7.15. The van der Waals surface area contributed by atoms with Crippen molar-refractivity contribution in [2.24, 2.45) is 0 Å². The predicted molar refractivity (Wildman–Crippen MR) is 70.7 cm³/mol. The van der Waals surface area contributed by atoms with Crippen LogP contribution in [0.15, 0.2) is 30.3 Å². The highest BCUT2D eigenvalue weighted by Gasteiger charge is 2.19. The van der Waals surface area contributed by atoms with Gasteiger partial charge in [-0.15, -0.1) is 11.8 Å². The molecule has 0 radical (unpaired) electrons. The zero-order valence-corrected chi connectivity index (χ0v) is 10.5. The van der Waals surface area contributed by atoms with E-state index >= 15 is 0 Å². The monoisotopic (exact) mass is 236 g/mol. The van der Waals surface area contributed by atoms with Crippen molar-refractivity contribution < 1.29 is 5.11 Å². The number of thioether (sulfide) groups is 1. The zero-order valence-electron chi connectivity index (χ0n) is 9.64. The second-order valence-corrected chi connectivity index (χ2v) is 5.99. The molecule has 1 fully saturated rings. The molecule has 1 aliphatic rings. The Balaban J connectivity index is 1.94. The van der Waals surface area contributed by atoms with Gasteiger partial charge >= 0.3 is 0 Å². The summed E-state index contributed by atoms with van der Waals surface area (Å²) in [5.41, 5.74) is 1.26. The fourth-order valence-corrected chi connectivity index (χ4v) is 3.80. The number of hydrogen-bond acceptors (Lipinski definition) is 2. The average Bonchev–Trinajstić information content (AvgIpc) is 2.38. The molecule has 1 saturated carbocycles. The van der Waals surface area contributed by atoms with E-state index in [9.17, 15) is 5.11 Å². The van der Waals surface area contributed by atoms with E-state index in [1.54, 1.807) is 0 Å². The molecule has 1 aromatic rings. The second-order valence-electron chi connectivity index (χ2n) is 4.48. The summed E-state index contributed by atoms with van der Waals surface area (Å²) < 4.78 is 0. The summed E-state index contributed by atoms with van der Waals surface area (Å²) in [6.07, 6.45) is 6.78. The quantitative estimate of drug-likeness (QED) is 0.858. The Morgan fingerprint density at radius 1 is 1.12 bits per heavy atom. The lowest BCUT2D eigenvalue weighted by Crippen LogP contribution is -2.12. The number of aliphatic hydroxyl groups excluding tert-OH is 1. The standard InChI is InChI=1S/C14H20OS/c15-11-14(12-7-3-1-4-8-12)16-13-9-5-2-6-10-13/h1,3-4,7-8,13-15H,2,5-6,9-11H2. The molecule has 2 heteroatoms. The fourth-order valence-electron chi connectivity index (χ4n) is 2.33. The SMILES string of the molecule is OCC(SC1CCCCC1)c1ccccc1. The predicted octanol–water partition coefficient (Wildman–Crippen LogP) is 3.79. The topological polar surface area (TPSA) is 20.2 Å². The maximum atomic E-state index is 9.49. The Morgan fingerprint density at radius 2 is 1.81 bits per heavy atom. The van der Waals surface area contributed by atoms with Gasteiger partial charge in [0.1, 0.15) is 0 Å². The Kier molecular flexibility index (Phi) is 4.73. The van der Waals surface area contributed by atoms with Gasteiger partial charge in [-0.2, -0.15) is 0 Å². The van der Waals surface area contributed by atoms with Gasteiger partial charge in [-0.1, -0.05) is 49.6 Å². The van der Waals surface area contributed by atoms with E-state index in [2.05, 4.69) is 24.3 Å². The Hall–Kier alpha value is -0.470. The third kappa shape index (κ3) is 3.26. The largest absolute Gasteiger partial charge is 0.395 e. The first-order chi connectivity index (χ1) is 7.90. The number of aliphatic hydroxyl groups is 1. The lowest BCUT2D eigenvalue weighted by atomic mass is 10.0. The van der Waals surface area contributed by atoms with Crippen LogP contribution in [-0.2, 0) is 0 Å². The van der Waals surface area contributed by atoms with E-state index in [0.717, 1.165) is 5.25 Å². The smallest absolute Gasteiger partial charge is 0.0591 e. The van der Waals surface area contributed by atoms with Gasteiger partial charge in [0.25, 0.3) is 0 Å². The molecule has 16 heavy (non-hydrogen) atoms. The van der Waals surface area contributed by atoms with Gasteiger partial charge < -0.3 is 5.11 Å². The van der Waals surface area contributed by atoms with E-state index in [1.807, 2.05) is 17.8 Å². The minimum absolute atomic E-state index is 0.255. The summed E-state index contributed by atoms with van der Waals surface area (Å²) >= 11 is 1.97. The van der Waals surface area contributed by atoms with Crippen molar-refractivity contribution in [3.05, 3.63) is 35.9 Å². The van der Waals surface area contributed by atoms with E-state index in [1.165, 1.54) is 37.7 Å². The highest BCUT2D eigenvalue weighted by molar-refractivity contribution is 8.00. The van der Waals surface area contributed by atoms with Crippen molar-refractivity contribution in [2.45, 2.75) is 42.6 Å². The van der Waals surface area contributed by atoms with Crippen LogP contribution in [0.4, 0.5) is 0 Å². The Morgan fingerprint density at radius 3 is 2.44 bits per heavy atom. The molecular formula is C14H20OS. The lowest BCUT2D eigenvalue weighted by Gasteiger charge is -2.25. The molecule has 1 N–H and O–H groups in total. The Bertz CT molecular complexity index is 293. The average molecular weight is 236 g/mol. The van der Waals surface area contributed by atoms with E-state index in [0.29, 0.717) is 0 Å². The maximum absolute atomic E-state index is 9.49. The van der Waals surface area contributed by atoms with Gasteiger partial charge in [0.15, 0.2) is 0 Å². The molecule has 88 valence electrons. The molecule has 0 spiro atoms.